The average Bonchev–Trinajstić information content (AvgIpc) is 2.77. The molecule has 28 heavy (non-hydrogen) atoms. The van der Waals surface area contributed by atoms with E-state index in [0.717, 1.165) is 5.56 Å². The Morgan fingerprint density at radius 3 is 2.04 bits per heavy atom. The Morgan fingerprint density at radius 2 is 1.46 bits per heavy atom. The molecule has 0 aliphatic heterocycles. The highest BCUT2D eigenvalue weighted by Crippen LogP contribution is 2.43. The molecule has 0 unspecified atom stereocenters. The molecular formula is C26H30N2. The summed E-state index contributed by atoms with van der Waals surface area (Å²) in [6.07, 6.45) is 17.6. The van der Waals surface area contributed by atoms with Gasteiger partial charge in [-0.05, 0) is 92.7 Å². The molecule has 0 atom stereocenters. The van der Waals surface area contributed by atoms with E-state index in [0.29, 0.717) is 23.7 Å². The topological polar surface area (TPSA) is 47.6 Å². The molecule has 2 aliphatic carbocycles. The van der Waals surface area contributed by atoms with Crippen molar-refractivity contribution in [3.8, 4) is 12.1 Å². The standard InChI is InChI=1S/C26H30N2/c1-20(23-10-6-21(7-11-23)5-3-2-4-18-27)24-14-16-26(17-15-24)25-12-8-22(19-28)9-13-25/h2-5,8-9,12-13,21,23-24,26H,1,6-7,10-11,14-17H2. The lowest BCUT2D eigenvalue weighted by atomic mass is 9.70. The number of benzene rings is 1. The summed E-state index contributed by atoms with van der Waals surface area (Å²) >= 11 is 0. The van der Waals surface area contributed by atoms with Gasteiger partial charge < -0.3 is 0 Å². The number of hydrogen-bond acceptors (Lipinski definition) is 2. The Bertz CT molecular complexity index is 784. The summed E-state index contributed by atoms with van der Waals surface area (Å²) in [4.78, 5) is 0. The lowest BCUT2D eigenvalue weighted by Gasteiger charge is -2.36. The third-order valence-corrected chi connectivity index (χ3v) is 6.72. The summed E-state index contributed by atoms with van der Waals surface area (Å²) in [7, 11) is 0. The van der Waals surface area contributed by atoms with Crippen LogP contribution >= 0.6 is 0 Å². The normalized spacial score (nSPS) is 28.1. The fourth-order valence-electron chi connectivity index (χ4n) is 4.96. The van der Waals surface area contributed by atoms with Crippen molar-refractivity contribution in [2.45, 2.75) is 57.3 Å². The summed E-state index contributed by atoms with van der Waals surface area (Å²) in [6.45, 7) is 4.53. The lowest BCUT2D eigenvalue weighted by Crippen LogP contribution is -2.22. The van der Waals surface area contributed by atoms with E-state index < -0.39 is 0 Å². The van der Waals surface area contributed by atoms with Crippen molar-refractivity contribution >= 4 is 0 Å². The number of rotatable bonds is 5. The van der Waals surface area contributed by atoms with Gasteiger partial charge >= 0.3 is 0 Å². The summed E-state index contributed by atoms with van der Waals surface area (Å²) in [6, 6.07) is 12.4. The molecule has 144 valence electrons. The Balaban J connectivity index is 1.45. The molecule has 0 amide bonds. The first-order valence-electron chi connectivity index (χ1n) is 10.6. The highest BCUT2D eigenvalue weighted by Gasteiger charge is 2.29. The van der Waals surface area contributed by atoms with Crippen molar-refractivity contribution in [1.29, 1.82) is 10.5 Å². The third-order valence-electron chi connectivity index (χ3n) is 6.72. The van der Waals surface area contributed by atoms with E-state index in [1.165, 1.54) is 68.6 Å². The van der Waals surface area contributed by atoms with Gasteiger partial charge in [0.25, 0.3) is 0 Å². The van der Waals surface area contributed by atoms with E-state index in [9.17, 15) is 0 Å². The molecule has 2 saturated carbocycles. The van der Waals surface area contributed by atoms with Crippen LogP contribution in [0.15, 0.2) is 60.7 Å². The van der Waals surface area contributed by atoms with Crippen molar-refractivity contribution in [3.63, 3.8) is 0 Å². The zero-order valence-corrected chi connectivity index (χ0v) is 16.7. The number of allylic oxidation sites excluding steroid dienone is 5. The molecule has 0 N–H and O–H groups in total. The van der Waals surface area contributed by atoms with Gasteiger partial charge in [-0.2, -0.15) is 10.5 Å². The SMILES string of the molecule is C=C(C1CCC(C=CC=CC#N)CC1)C1CCC(c2ccc(C#N)cc2)CC1. The van der Waals surface area contributed by atoms with E-state index in [4.69, 9.17) is 10.5 Å². The van der Waals surface area contributed by atoms with Crippen LogP contribution in [-0.2, 0) is 0 Å². The van der Waals surface area contributed by atoms with Crippen LogP contribution in [0.4, 0.5) is 0 Å². The summed E-state index contributed by atoms with van der Waals surface area (Å²) in [5.41, 5.74) is 3.64. The Labute approximate surface area is 169 Å². The van der Waals surface area contributed by atoms with E-state index in [1.54, 1.807) is 0 Å². The van der Waals surface area contributed by atoms with Gasteiger partial charge in [0.15, 0.2) is 0 Å². The average molecular weight is 371 g/mol. The van der Waals surface area contributed by atoms with E-state index >= 15 is 0 Å². The predicted octanol–water partition coefficient (Wildman–Crippen LogP) is 6.83. The first-order chi connectivity index (χ1) is 13.7. The Hall–Kier alpha value is -2.58. The van der Waals surface area contributed by atoms with Gasteiger partial charge in [0, 0.05) is 6.08 Å². The molecule has 0 radical (unpaired) electrons. The van der Waals surface area contributed by atoms with Gasteiger partial charge in [-0.25, -0.2) is 0 Å². The van der Waals surface area contributed by atoms with Crippen molar-refractivity contribution in [2.24, 2.45) is 17.8 Å². The Morgan fingerprint density at radius 1 is 0.857 bits per heavy atom. The van der Waals surface area contributed by atoms with Crippen molar-refractivity contribution in [3.05, 3.63) is 71.8 Å². The first kappa shape index (κ1) is 20.2. The second-order valence-corrected chi connectivity index (χ2v) is 8.34. The Kier molecular flexibility index (Phi) is 7.27. The van der Waals surface area contributed by atoms with Crippen molar-refractivity contribution in [1.82, 2.24) is 0 Å². The quantitative estimate of drug-likeness (QED) is 0.324. The second-order valence-electron chi connectivity index (χ2n) is 8.34. The molecule has 0 heterocycles. The van der Waals surface area contributed by atoms with E-state index in [1.807, 2.05) is 30.4 Å². The maximum atomic E-state index is 8.96. The van der Waals surface area contributed by atoms with E-state index in [-0.39, 0.29) is 0 Å². The van der Waals surface area contributed by atoms with Gasteiger partial charge in [0.2, 0.25) is 0 Å². The molecule has 0 bridgehead atoms. The van der Waals surface area contributed by atoms with Gasteiger partial charge in [-0.3, -0.25) is 0 Å². The minimum Gasteiger partial charge on any atom is -0.193 e. The fourth-order valence-corrected chi connectivity index (χ4v) is 4.96. The van der Waals surface area contributed by atoms with Crippen molar-refractivity contribution < 1.29 is 0 Å². The highest BCUT2D eigenvalue weighted by atomic mass is 14.3. The maximum Gasteiger partial charge on any atom is 0.0991 e. The van der Waals surface area contributed by atoms with E-state index in [2.05, 4.69) is 30.9 Å². The molecule has 1 aromatic carbocycles. The molecule has 2 fully saturated rings. The molecule has 1 aromatic rings. The molecule has 0 spiro atoms. The van der Waals surface area contributed by atoms with Gasteiger partial charge in [0.05, 0.1) is 17.7 Å². The van der Waals surface area contributed by atoms with Crippen LogP contribution in [0.3, 0.4) is 0 Å². The summed E-state index contributed by atoms with van der Waals surface area (Å²) in [5.74, 6) is 2.67. The number of hydrogen-bond donors (Lipinski definition) is 0. The molecule has 0 aromatic heterocycles. The van der Waals surface area contributed by atoms with Crippen LogP contribution in [0, 0.1) is 40.4 Å². The third kappa shape index (κ3) is 5.24. The first-order valence-corrected chi connectivity index (χ1v) is 10.6. The monoisotopic (exact) mass is 370 g/mol. The summed E-state index contributed by atoms with van der Waals surface area (Å²) < 4.78 is 0. The van der Waals surface area contributed by atoms with Crippen LogP contribution in [0.25, 0.3) is 0 Å². The minimum absolute atomic E-state index is 0.638. The van der Waals surface area contributed by atoms with Crippen LogP contribution in [0.1, 0.15) is 68.4 Å². The minimum atomic E-state index is 0.638. The van der Waals surface area contributed by atoms with Crippen LogP contribution < -0.4 is 0 Å². The molecular weight excluding hydrogens is 340 g/mol. The predicted molar refractivity (Wildman–Crippen MR) is 114 cm³/mol. The zero-order chi connectivity index (χ0) is 19.8. The maximum absolute atomic E-state index is 8.96. The molecule has 2 heteroatoms. The molecule has 3 rings (SSSR count). The van der Waals surface area contributed by atoms with Crippen molar-refractivity contribution in [2.75, 3.05) is 0 Å². The molecule has 0 saturated heterocycles. The molecule has 2 nitrogen and oxygen atoms in total. The second kappa shape index (κ2) is 10.1. The van der Waals surface area contributed by atoms with Crippen LogP contribution in [0.2, 0.25) is 0 Å². The van der Waals surface area contributed by atoms with Crippen LogP contribution in [0.5, 0.6) is 0 Å². The summed E-state index contributed by atoms with van der Waals surface area (Å²) in [5, 5.41) is 17.5. The lowest BCUT2D eigenvalue weighted by molar-refractivity contribution is 0.290. The smallest absolute Gasteiger partial charge is 0.0991 e. The van der Waals surface area contributed by atoms with Gasteiger partial charge in [-0.15, -0.1) is 0 Å². The van der Waals surface area contributed by atoms with Gasteiger partial charge in [-0.1, -0.05) is 42.5 Å². The molecule has 2 aliphatic rings. The van der Waals surface area contributed by atoms with Crippen LogP contribution in [-0.4, -0.2) is 0 Å². The zero-order valence-electron chi connectivity index (χ0n) is 16.7. The largest absolute Gasteiger partial charge is 0.193 e. The fraction of sp³-hybridized carbons (Fsp3) is 0.462. The highest BCUT2D eigenvalue weighted by molar-refractivity contribution is 5.33. The number of nitriles is 2. The van der Waals surface area contributed by atoms with Gasteiger partial charge in [0.1, 0.15) is 0 Å². The number of nitrogens with zero attached hydrogens (tertiary/aromatic N) is 2.